The van der Waals surface area contributed by atoms with Crippen molar-refractivity contribution in [2.45, 2.75) is 23.7 Å². The van der Waals surface area contributed by atoms with Crippen LogP contribution in [0.25, 0.3) is 10.2 Å². The summed E-state index contributed by atoms with van der Waals surface area (Å²) in [5.74, 6) is -0.341. The molecule has 0 unspecified atom stereocenters. The fourth-order valence-corrected chi connectivity index (χ4v) is 5.80. The molecule has 0 N–H and O–H groups in total. The first-order valence-electron chi connectivity index (χ1n) is 8.15. The van der Waals surface area contributed by atoms with Crippen LogP contribution in [0.2, 0.25) is 0 Å². The van der Waals surface area contributed by atoms with Gasteiger partial charge in [-0.15, -0.1) is 11.3 Å². The highest BCUT2D eigenvalue weighted by atomic mass is 32.2. The van der Waals surface area contributed by atoms with E-state index >= 15 is 0 Å². The van der Waals surface area contributed by atoms with Gasteiger partial charge in [0.25, 0.3) is 0 Å². The SMILES string of the molecule is O=S(=O)(c1ccc(F)cc1)N1CCC[C@@H](c2nc3ccccc3s2)C1. The number of rotatable bonds is 3. The zero-order valence-electron chi connectivity index (χ0n) is 13.4. The van der Waals surface area contributed by atoms with Crippen LogP contribution in [0.15, 0.2) is 53.4 Å². The largest absolute Gasteiger partial charge is 0.243 e. The van der Waals surface area contributed by atoms with Crippen LogP contribution in [0.1, 0.15) is 23.8 Å². The lowest BCUT2D eigenvalue weighted by Crippen LogP contribution is -2.39. The number of fused-ring (bicyclic) bond motifs is 1. The fourth-order valence-electron chi connectivity index (χ4n) is 3.18. The average Bonchev–Trinajstić information content (AvgIpc) is 3.06. The second-order valence-corrected chi connectivity index (χ2v) is 9.18. The maximum atomic E-state index is 13.1. The van der Waals surface area contributed by atoms with Gasteiger partial charge in [-0.05, 0) is 49.2 Å². The van der Waals surface area contributed by atoms with Crippen molar-refractivity contribution in [3.05, 3.63) is 59.4 Å². The first-order chi connectivity index (χ1) is 12.0. The normalized spacial score (nSPS) is 19.3. The predicted octanol–water partition coefficient (Wildman–Crippen LogP) is 4.00. The number of nitrogens with zero attached hydrogens (tertiary/aromatic N) is 2. The molecule has 3 aromatic rings. The Labute approximate surface area is 150 Å². The summed E-state index contributed by atoms with van der Waals surface area (Å²) in [6.07, 6.45) is 1.72. The summed E-state index contributed by atoms with van der Waals surface area (Å²) in [4.78, 5) is 4.82. The number of benzene rings is 2. The molecule has 0 aliphatic carbocycles. The number of sulfonamides is 1. The molecule has 1 atom stereocenters. The molecule has 1 aliphatic rings. The van der Waals surface area contributed by atoms with Crippen LogP contribution >= 0.6 is 11.3 Å². The summed E-state index contributed by atoms with van der Waals surface area (Å²) in [5.41, 5.74) is 0.959. The van der Waals surface area contributed by atoms with Crippen molar-refractivity contribution < 1.29 is 12.8 Å². The van der Waals surface area contributed by atoms with Gasteiger partial charge in [0.15, 0.2) is 0 Å². The predicted molar refractivity (Wildman–Crippen MR) is 96.8 cm³/mol. The highest BCUT2D eigenvalue weighted by Crippen LogP contribution is 2.34. The molecule has 2 aromatic carbocycles. The van der Waals surface area contributed by atoms with Crippen LogP contribution in [-0.4, -0.2) is 30.8 Å². The number of hydrogen-bond acceptors (Lipinski definition) is 4. The summed E-state index contributed by atoms with van der Waals surface area (Å²) < 4.78 is 41.4. The summed E-state index contributed by atoms with van der Waals surface area (Å²) in [7, 11) is -3.61. The molecule has 1 aromatic heterocycles. The van der Waals surface area contributed by atoms with E-state index in [0.717, 1.165) is 28.1 Å². The minimum Gasteiger partial charge on any atom is -0.241 e. The van der Waals surface area contributed by atoms with Crippen molar-refractivity contribution in [2.24, 2.45) is 0 Å². The number of halogens is 1. The van der Waals surface area contributed by atoms with Crippen molar-refractivity contribution in [2.75, 3.05) is 13.1 Å². The summed E-state index contributed by atoms with van der Waals surface area (Å²) in [6, 6.07) is 13.0. The maximum absolute atomic E-state index is 13.1. The van der Waals surface area contributed by atoms with Crippen molar-refractivity contribution in [3.8, 4) is 0 Å². The molecule has 25 heavy (non-hydrogen) atoms. The Morgan fingerprint density at radius 1 is 1.12 bits per heavy atom. The molecule has 0 radical (unpaired) electrons. The first-order valence-corrected chi connectivity index (χ1v) is 10.4. The van der Waals surface area contributed by atoms with E-state index in [1.807, 2.05) is 24.3 Å². The van der Waals surface area contributed by atoms with Crippen LogP contribution < -0.4 is 0 Å². The van der Waals surface area contributed by atoms with Crippen LogP contribution in [-0.2, 0) is 10.0 Å². The van der Waals surface area contributed by atoms with Gasteiger partial charge in [-0.25, -0.2) is 17.8 Å². The van der Waals surface area contributed by atoms with Gasteiger partial charge in [0.1, 0.15) is 5.82 Å². The van der Waals surface area contributed by atoms with Gasteiger partial charge in [0, 0.05) is 19.0 Å². The molecular weight excluding hydrogens is 359 g/mol. The third-order valence-electron chi connectivity index (χ3n) is 4.50. The van der Waals surface area contributed by atoms with E-state index in [4.69, 9.17) is 0 Å². The molecular formula is C18H17FN2O2S2. The van der Waals surface area contributed by atoms with E-state index in [0.29, 0.717) is 13.1 Å². The average molecular weight is 376 g/mol. The summed E-state index contributed by atoms with van der Waals surface area (Å²) >= 11 is 1.63. The van der Waals surface area contributed by atoms with Crippen LogP contribution in [0.5, 0.6) is 0 Å². The second kappa shape index (κ2) is 6.48. The number of aromatic nitrogens is 1. The van der Waals surface area contributed by atoms with Gasteiger partial charge < -0.3 is 0 Å². The standard InChI is InChI=1S/C18H17FN2O2S2/c19-14-7-9-15(10-8-14)25(22,23)21-11-3-4-13(12-21)18-20-16-5-1-2-6-17(16)24-18/h1-2,5-10,13H,3-4,11-12H2/t13-/m1/s1. The molecule has 0 spiro atoms. The van der Waals surface area contributed by atoms with E-state index < -0.39 is 15.8 Å². The monoisotopic (exact) mass is 376 g/mol. The van der Waals surface area contributed by atoms with Crippen LogP contribution in [0.4, 0.5) is 4.39 Å². The lowest BCUT2D eigenvalue weighted by Gasteiger charge is -2.30. The number of thiazole rings is 1. The molecule has 1 fully saturated rings. The van der Waals surface area contributed by atoms with Gasteiger partial charge in [-0.1, -0.05) is 12.1 Å². The summed E-state index contributed by atoms with van der Waals surface area (Å²) in [5, 5.41) is 0.986. The second-order valence-electron chi connectivity index (χ2n) is 6.18. The maximum Gasteiger partial charge on any atom is 0.243 e. The smallest absolute Gasteiger partial charge is 0.241 e. The molecule has 4 rings (SSSR count). The van der Waals surface area contributed by atoms with E-state index in [9.17, 15) is 12.8 Å². The van der Waals surface area contributed by atoms with E-state index in [1.54, 1.807) is 11.3 Å². The highest BCUT2D eigenvalue weighted by Gasteiger charge is 2.32. The first kappa shape index (κ1) is 16.6. The minimum atomic E-state index is -3.61. The van der Waals surface area contributed by atoms with Crippen molar-refractivity contribution in [3.63, 3.8) is 0 Å². The molecule has 0 amide bonds. The molecule has 4 nitrogen and oxygen atoms in total. The van der Waals surface area contributed by atoms with Gasteiger partial charge in [-0.2, -0.15) is 4.31 Å². The molecule has 7 heteroatoms. The Morgan fingerprint density at radius 2 is 1.88 bits per heavy atom. The Balaban J connectivity index is 1.61. The minimum absolute atomic E-state index is 0.0985. The molecule has 1 saturated heterocycles. The fraction of sp³-hybridized carbons (Fsp3) is 0.278. The zero-order valence-corrected chi connectivity index (χ0v) is 15.1. The Kier molecular flexibility index (Phi) is 4.31. The third kappa shape index (κ3) is 3.19. The van der Waals surface area contributed by atoms with Gasteiger partial charge >= 0.3 is 0 Å². The van der Waals surface area contributed by atoms with E-state index in [-0.39, 0.29) is 10.8 Å². The van der Waals surface area contributed by atoms with Crippen LogP contribution in [0.3, 0.4) is 0 Å². The van der Waals surface area contributed by atoms with Gasteiger partial charge in [0.05, 0.1) is 20.1 Å². The van der Waals surface area contributed by atoms with E-state index in [2.05, 4.69) is 4.98 Å². The van der Waals surface area contributed by atoms with Crippen LogP contribution in [0, 0.1) is 5.82 Å². The number of para-hydroxylation sites is 1. The quantitative estimate of drug-likeness (QED) is 0.694. The lowest BCUT2D eigenvalue weighted by molar-refractivity contribution is 0.315. The van der Waals surface area contributed by atoms with E-state index in [1.165, 1.54) is 28.6 Å². The number of piperidine rings is 1. The van der Waals surface area contributed by atoms with Gasteiger partial charge in [0.2, 0.25) is 10.0 Å². The molecule has 1 aliphatic heterocycles. The summed E-state index contributed by atoms with van der Waals surface area (Å²) in [6.45, 7) is 0.903. The molecule has 0 saturated carbocycles. The Bertz CT molecular complexity index is 966. The zero-order chi connectivity index (χ0) is 17.4. The molecule has 2 heterocycles. The van der Waals surface area contributed by atoms with Crippen molar-refractivity contribution in [1.82, 2.24) is 9.29 Å². The van der Waals surface area contributed by atoms with Crippen molar-refractivity contribution in [1.29, 1.82) is 0 Å². The Hall–Kier alpha value is -1.83. The van der Waals surface area contributed by atoms with Gasteiger partial charge in [-0.3, -0.25) is 0 Å². The van der Waals surface area contributed by atoms with Crippen molar-refractivity contribution >= 4 is 31.6 Å². The lowest BCUT2D eigenvalue weighted by atomic mass is 10.0. The highest BCUT2D eigenvalue weighted by molar-refractivity contribution is 7.89. The Morgan fingerprint density at radius 3 is 2.64 bits per heavy atom. The molecule has 130 valence electrons. The molecule has 0 bridgehead atoms. The topological polar surface area (TPSA) is 50.3 Å². The number of hydrogen-bond donors (Lipinski definition) is 0. The third-order valence-corrected chi connectivity index (χ3v) is 7.57.